The Labute approximate surface area is 97.7 Å². The van der Waals surface area contributed by atoms with Crippen molar-refractivity contribution in [2.75, 3.05) is 12.3 Å². The fourth-order valence-corrected chi connectivity index (χ4v) is 2.09. The van der Waals surface area contributed by atoms with E-state index in [-0.39, 0.29) is 10.9 Å². The number of thioether (sulfide) groups is 1. The van der Waals surface area contributed by atoms with Gasteiger partial charge in [0.05, 0.1) is 6.07 Å². The SMILES string of the molecule is CCNC(C#N)CSc1cc(F)ccc1F. The molecule has 1 aromatic rings. The van der Waals surface area contributed by atoms with Gasteiger partial charge in [-0.05, 0) is 24.7 Å². The average molecular weight is 242 g/mol. The second kappa shape index (κ2) is 6.46. The maximum Gasteiger partial charge on any atom is 0.136 e. The minimum Gasteiger partial charge on any atom is -0.302 e. The second-order valence-corrected chi connectivity index (χ2v) is 4.19. The van der Waals surface area contributed by atoms with Crippen molar-refractivity contribution < 1.29 is 8.78 Å². The fraction of sp³-hybridized carbons (Fsp3) is 0.364. The van der Waals surface area contributed by atoms with Gasteiger partial charge in [0.25, 0.3) is 0 Å². The molecule has 1 rings (SSSR count). The van der Waals surface area contributed by atoms with E-state index in [0.29, 0.717) is 12.3 Å². The number of rotatable bonds is 5. The van der Waals surface area contributed by atoms with Crippen LogP contribution >= 0.6 is 11.8 Å². The Hall–Kier alpha value is -1.12. The lowest BCUT2D eigenvalue weighted by Crippen LogP contribution is -2.29. The molecule has 0 aliphatic carbocycles. The van der Waals surface area contributed by atoms with Gasteiger partial charge in [-0.2, -0.15) is 5.26 Å². The van der Waals surface area contributed by atoms with Gasteiger partial charge in [-0.3, -0.25) is 0 Å². The topological polar surface area (TPSA) is 35.8 Å². The molecule has 1 N–H and O–H groups in total. The first kappa shape index (κ1) is 12.9. The monoisotopic (exact) mass is 242 g/mol. The predicted octanol–water partition coefficient (Wildman–Crippen LogP) is 2.56. The van der Waals surface area contributed by atoms with E-state index in [0.717, 1.165) is 30.0 Å². The van der Waals surface area contributed by atoms with Crippen LogP contribution in [0.3, 0.4) is 0 Å². The average Bonchev–Trinajstić information content (AvgIpc) is 2.28. The summed E-state index contributed by atoms with van der Waals surface area (Å²) in [6.07, 6.45) is 0. The van der Waals surface area contributed by atoms with Gasteiger partial charge in [0.1, 0.15) is 17.7 Å². The zero-order valence-electron chi connectivity index (χ0n) is 8.84. The largest absolute Gasteiger partial charge is 0.302 e. The van der Waals surface area contributed by atoms with Crippen LogP contribution in [-0.2, 0) is 0 Å². The molecule has 2 nitrogen and oxygen atoms in total. The van der Waals surface area contributed by atoms with Crippen LogP contribution in [0.4, 0.5) is 8.78 Å². The lowest BCUT2D eigenvalue weighted by Gasteiger charge is -2.09. The van der Waals surface area contributed by atoms with Crippen LogP contribution in [0, 0.1) is 23.0 Å². The van der Waals surface area contributed by atoms with Crippen LogP contribution in [0.5, 0.6) is 0 Å². The van der Waals surface area contributed by atoms with Crippen LogP contribution in [0.15, 0.2) is 23.1 Å². The Morgan fingerprint density at radius 1 is 1.50 bits per heavy atom. The zero-order chi connectivity index (χ0) is 12.0. The molecule has 0 heterocycles. The molecular formula is C11H12F2N2S. The Balaban J connectivity index is 2.60. The Morgan fingerprint density at radius 2 is 2.25 bits per heavy atom. The van der Waals surface area contributed by atoms with Gasteiger partial charge >= 0.3 is 0 Å². The number of nitrogens with one attached hydrogen (secondary N) is 1. The molecule has 86 valence electrons. The third-order valence-corrected chi connectivity index (χ3v) is 3.03. The molecule has 16 heavy (non-hydrogen) atoms. The molecule has 0 radical (unpaired) electrons. The number of hydrogen-bond donors (Lipinski definition) is 1. The first-order chi connectivity index (χ1) is 7.67. The first-order valence-electron chi connectivity index (χ1n) is 4.88. The number of nitrogens with zero attached hydrogens (tertiary/aromatic N) is 1. The van der Waals surface area contributed by atoms with Gasteiger partial charge in [0, 0.05) is 10.6 Å². The molecule has 5 heteroatoms. The van der Waals surface area contributed by atoms with E-state index in [1.807, 2.05) is 6.92 Å². The van der Waals surface area contributed by atoms with E-state index < -0.39 is 11.6 Å². The van der Waals surface area contributed by atoms with E-state index in [1.54, 1.807) is 0 Å². The third-order valence-electron chi connectivity index (χ3n) is 1.91. The summed E-state index contributed by atoms with van der Waals surface area (Å²) in [5.74, 6) is -0.537. The zero-order valence-corrected chi connectivity index (χ0v) is 9.65. The Bertz CT molecular complexity index is 390. The van der Waals surface area contributed by atoms with Crippen LogP contribution in [-0.4, -0.2) is 18.3 Å². The van der Waals surface area contributed by atoms with Crippen LogP contribution < -0.4 is 5.32 Å². The van der Waals surface area contributed by atoms with Crippen molar-refractivity contribution in [3.8, 4) is 6.07 Å². The normalized spacial score (nSPS) is 12.1. The minimum atomic E-state index is -0.471. The van der Waals surface area contributed by atoms with Gasteiger partial charge in [-0.25, -0.2) is 8.78 Å². The van der Waals surface area contributed by atoms with E-state index in [4.69, 9.17) is 5.26 Å². The summed E-state index contributed by atoms with van der Waals surface area (Å²) in [6, 6.07) is 5.01. The van der Waals surface area contributed by atoms with Gasteiger partial charge < -0.3 is 5.32 Å². The van der Waals surface area contributed by atoms with Crippen molar-refractivity contribution >= 4 is 11.8 Å². The summed E-state index contributed by atoms with van der Waals surface area (Å²) in [5.41, 5.74) is 0. The van der Waals surface area contributed by atoms with Gasteiger partial charge in [-0.1, -0.05) is 6.92 Å². The van der Waals surface area contributed by atoms with Crippen LogP contribution in [0.25, 0.3) is 0 Å². The minimum absolute atomic E-state index is 0.234. The summed E-state index contributed by atoms with van der Waals surface area (Å²) in [6.45, 7) is 2.56. The maximum absolute atomic E-state index is 13.2. The highest BCUT2D eigenvalue weighted by Gasteiger charge is 2.09. The molecule has 1 atom stereocenters. The molecule has 0 saturated heterocycles. The number of benzene rings is 1. The van der Waals surface area contributed by atoms with Crippen molar-refractivity contribution in [2.24, 2.45) is 0 Å². The standard InChI is InChI=1S/C11H12F2N2S/c1-2-15-9(6-14)7-16-11-5-8(12)3-4-10(11)13/h3-5,9,15H,2,7H2,1H3. The fourth-order valence-electron chi connectivity index (χ4n) is 1.15. The molecule has 0 aromatic heterocycles. The van der Waals surface area contributed by atoms with Gasteiger partial charge in [0.15, 0.2) is 0 Å². The van der Waals surface area contributed by atoms with E-state index >= 15 is 0 Å². The van der Waals surface area contributed by atoms with Crippen molar-refractivity contribution in [1.29, 1.82) is 5.26 Å². The summed E-state index contributed by atoms with van der Waals surface area (Å²) >= 11 is 1.13. The highest BCUT2D eigenvalue weighted by atomic mass is 32.2. The smallest absolute Gasteiger partial charge is 0.136 e. The second-order valence-electron chi connectivity index (χ2n) is 3.13. The molecular weight excluding hydrogens is 230 g/mol. The molecule has 0 saturated carbocycles. The molecule has 1 unspecified atom stereocenters. The molecule has 0 spiro atoms. The summed E-state index contributed by atoms with van der Waals surface area (Å²) in [7, 11) is 0. The maximum atomic E-state index is 13.2. The summed E-state index contributed by atoms with van der Waals surface area (Å²) in [5, 5.41) is 11.7. The molecule has 0 amide bonds. The number of nitriles is 1. The lowest BCUT2D eigenvalue weighted by atomic mass is 10.3. The molecule has 1 aromatic carbocycles. The van der Waals surface area contributed by atoms with Gasteiger partial charge in [0.2, 0.25) is 0 Å². The summed E-state index contributed by atoms with van der Waals surface area (Å²) < 4.78 is 26.1. The third kappa shape index (κ3) is 3.80. The first-order valence-corrected chi connectivity index (χ1v) is 5.86. The molecule has 0 aliphatic heterocycles. The van der Waals surface area contributed by atoms with E-state index in [2.05, 4.69) is 11.4 Å². The quantitative estimate of drug-likeness (QED) is 0.806. The van der Waals surface area contributed by atoms with Crippen molar-refractivity contribution in [2.45, 2.75) is 17.9 Å². The summed E-state index contributed by atoms with van der Waals surface area (Å²) in [4.78, 5) is 0.234. The number of halogens is 2. The van der Waals surface area contributed by atoms with Crippen LogP contribution in [0.2, 0.25) is 0 Å². The van der Waals surface area contributed by atoms with Crippen molar-refractivity contribution in [1.82, 2.24) is 5.32 Å². The highest BCUT2D eigenvalue weighted by Crippen LogP contribution is 2.23. The highest BCUT2D eigenvalue weighted by molar-refractivity contribution is 7.99. The molecule has 0 fully saturated rings. The predicted molar refractivity (Wildman–Crippen MR) is 60.2 cm³/mol. The van der Waals surface area contributed by atoms with Crippen LogP contribution in [0.1, 0.15) is 6.92 Å². The van der Waals surface area contributed by atoms with Gasteiger partial charge in [-0.15, -0.1) is 11.8 Å². The Kier molecular flexibility index (Phi) is 5.23. The van der Waals surface area contributed by atoms with Crippen molar-refractivity contribution in [3.63, 3.8) is 0 Å². The van der Waals surface area contributed by atoms with Crippen molar-refractivity contribution in [3.05, 3.63) is 29.8 Å². The lowest BCUT2D eigenvalue weighted by molar-refractivity contribution is 0.576. The van der Waals surface area contributed by atoms with E-state index in [1.165, 1.54) is 0 Å². The Morgan fingerprint density at radius 3 is 2.88 bits per heavy atom. The molecule has 0 bridgehead atoms. The molecule has 0 aliphatic rings. The van der Waals surface area contributed by atoms with E-state index in [9.17, 15) is 8.78 Å². The number of hydrogen-bond acceptors (Lipinski definition) is 3.